The summed E-state index contributed by atoms with van der Waals surface area (Å²) >= 11 is 0. The molecule has 0 amide bonds. The number of imidazole rings is 1. The van der Waals surface area contributed by atoms with Gasteiger partial charge in [-0.3, -0.25) is 9.55 Å². The number of para-hydroxylation sites is 1. The zero-order valence-electron chi connectivity index (χ0n) is 38.4. The third kappa shape index (κ3) is 7.21. The first-order valence-electron chi connectivity index (χ1n) is 22.7. The van der Waals surface area contributed by atoms with Crippen LogP contribution in [-0.2, 0) is 10.8 Å². The van der Waals surface area contributed by atoms with E-state index < -0.39 is 0 Å². The quantitative estimate of drug-likeness (QED) is 0.169. The molecule has 0 saturated heterocycles. The van der Waals surface area contributed by atoms with Gasteiger partial charge in [-0.05, 0) is 122 Å². The van der Waals surface area contributed by atoms with Crippen molar-refractivity contribution in [2.45, 2.75) is 52.4 Å². The first kappa shape index (κ1) is 41.4. The summed E-state index contributed by atoms with van der Waals surface area (Å²) in [6, 6.07) is 58.4. The Morgan fingerprint density at radius 2 is 1.25 bits per heavy atom. The molecule has 0 unspecified atom stereocenters. The van der Waals surface area contributed by atoms with Gasteiger partial charge in [-0.1, -0.05) is 145 Å². The van der Waals surface area contributed by atoms with Gasteiger partial charge in [0.25, 0.3) is 0 Å². The molecule has 11 rings (SSSR count). The molecule has 0 atom stereocenters. The van der Waals surface area contributed by atoms with Gasteiger partial charge in [0.15, 0.2) is 11.5 Å². The Balaban J connectivity index is 1.21. The Hall–Kier alpha value is -8.27. The molecule has 0 aliphatic carbocycles. The summed E-state index contributed by atoms with van der Waals surface area (Å²) in [6.45, 7) is 21.1. The lowest BCUT2D eigenvalue weighted by Gasteiger charge is -2.26. The third-order valence-electron chi connectivity index (χ3n) is 13.0. The summed E-state index contributed by atoms with van der Waals surface area (Å²) in [7, 11) is 0. The van der Waals surface area contributed by atoms with Gasteiger partial charge in [0.2, 0.25) is 0 Å². The molecular weight excluding hydrogens is 821 g/mol. The number of phenols is 1. The number of furan rings is 1. The summed E-state index contributed by atoms with van der Waals surface area (Å²) in [5, 5.41) is 15.8. The smallest absolute Gasteiger partial charge is 0.187 e. The Morgan fingerprint density at radius 1 is 0.567 bits per heavy atom. The Bertz CT molecular complexity index is 3780. The second-order valence-electron chi connectivity index (χ2n) is 19.5. The van der Waals surface area contributed by atoms with Crippen LogP contribution in [0.25, 0.3) is 110 Å². The van der Waals surface area contributed by atoms with Gasteiger partial charge in [-0.15, -0.1) is 0 Å². The lowest BCUT2D eigenvalue weighted by Crippen LogP contribution is -2.16. The summed E-state index contributed by atoms with van der Waals surface area (Å²) < 4.78 is 9.16. The van der Waals surface area contributed by atoms with Gasteiger partial charge in [0.1, 0.15) is 22.5 Å². The van der Waals surface area contributed by atoms with Crippen molar-refractivity contribution in [1.82, 2.24) is 14.5 Å². The normalized spacial score (nSPS) is 12.1. The fourth-order valence-electron chi connectivity index (χ4n) is 9.54. The molecule has 11 aromatic rings. The van der Waals surface area contributed by atoms with Crippen LogP contribution in [0.5, 0.6) is 5.75 Å². The minimum Gasteiger partial charge on any atom is -0.507 e. The lowest BCUT2D eigenvalue weighted by atomic mass is 9.83. The highest BCUT2D eigenvalue weighted by atomic mass is 16.3. The maximum Gasteiger partial charge on any atom is 0.187 e. The van der Waals surface area contributed by atoms with E-state index in [-0.39, 0.29) is 16.6 Å². The van der Waals surface area contributed by atoms with Crippen LogP contribution >= 0.6 is 0 Å². The molecule has 324 valence electrons. The van der Waals surface area contributed by atoms with E-state index in [1.165, 1.54) is 5.56 Å². The largest absolute Gasteiger partial charge is 0.507 e. The van der Waals surface area contributed by atoms with Crippen molar-refractivity contribution >= 4 is 49.4 Å². The van der Waals surface area contributed by atoms with Gasteiger partial charge in [-0.25, -0.2) is 9.83 Å². The fraction of sp³-hybridized carbons (Fsp3) is 0.131. The highest BCUT2D eigenvalue weighted by molar-refractivity contribution is 6.18. The molecule has 3 aromatic heterocycles. The summed E-state index contributed by atoms with van der Waals surface area (Å²) in [5.41, 5.74) is 15.1. The predicted octanol–water partition coefficient (Wildman–Crippen LogP) is 16.7. The average molecular weight is 869 g/mol. The van der Waals surface area contributed by atoms with Crippen molar-refractivity contribution in [2.24, 2.45) is 0 Å². The Labute approximate surface area is 390 Å². The van der Waals surface area contributed by atoms with Crippen molar-refractivity contribution in [3.05, 3.63) is 199 Å². The molecule has 0 bridgehead atoms. The SMILES string of the molecule is [C-]#[N+]c1ccc2c(ccc3c4ccc(O)c(-c5nc6c(-c7cc(-c8cc(-c9ccccc9)ccn8)cc(C(C)(C)C)c7)cccc6n5-c5ccc(-c6ccccc6)cc5C(C)(C)C)c4oc23)c1. The van der Waals surface area contributed by atoms with Crippen LogP contribution in [0.15, 0.2) is 180 Å². The Morgan fingerprint density at radius 3 is 1.97 bits per heavy atom. The molecule has 0 fully saturated rings. The summed E-state index contributed by atoms with van der Waals surface area (Å²) in [6.07, 6.45) is 1.89. The van der Waals surface area contributed by atoms with E-state index >= 15 is 0 Å². The second-order valence-corrected chi connectivity index (χ2v) is 19.5. The number of rotatable bonds is 6. The number of pyridine rings is 1. The Kier molecular flexibility index (Phi) is 9.72. The van der Waals surface area contributed by atoms with Crippen LogP contribution in [-0.4, -0.2) is 19.6 Å². The number of benzene rings is 8. The van der Waals surface area contributed by atoms with Crippen LogP contribution < -0.4 is 0 Å². The van der Waals surface area contributed by atoms with Gasteiger partial charge in [0.05, 0.1) is 29.0 Å². The molecule has 67 heavy (non-hydrogen) atoms. The molecular formula is C61H48N4O2. The first-order valence-corrected chi connectivity index (χ1v) is 22.7. The first-order chi connectivity index (χ1) is 32.3. The van der Waals surface area contributed by atoms with Crippen LogP contribution in [0.4, 0.5) is 5.69 Å². The van der Waals surface area contributed by atoms with Crippen LogP contribution in [0.2, 0.25) is 0 Å². The van der Waals surface area contributed by atoms with Gasteiger partial charge >= 0.3 is 0 Å². The molecule has 0 aliphatic rings. The fourth-order valence-corrected chi connectivity index (χ4v) is 9.54. The van der Waals surface area contributed by atoms with Crippen LogP contribution in [0.3, 0.4) is 0 Å². The minimum atomic E-state index is -0.292. The van der Waals surface area contributed by atoms with E-state index in [9.17, 15) is 5.11 Å². The maximum atomic E-state index is 12.2. The topological polar surface area (TPSA) is 68.4 Å². The van der Waals surface area contributed by atoms with E-state index in [0.29, 0.717) is 28.2 Å². The number of hydrogen-bond donors (Lipinski definition) is 1. The number of nitrogens with zero attached hydrogens (tertiary/aromatic N) is 4. The molecule has 0 aliphatic heterocycles. The van der Waals surface area contributed by atoms with Crippen molar-refractivity contribution in [3.63, 3.8) is 0 Å². The zero-order chi connectivity index (χ0) is 46.2. The second kappa shape index (κ2) is 15.7. The molecule has 6 heteroatoms. The molecule has 0 spiro atoms. The zero-order valence-corrected chi connectivity index (χ0v) is 38.4. The highest BCUT2D eigenvalue weighted by Crippen LogP contribution is 2.47. The van der Waals surface area contributed by atoms with Gasteiger partial charge in [-0.2, -0.15) is 0 Å². The summed E-state index contributed by atoms with van der Waals surface area (Å²) in [4.78, 5) is 14.2. The van der Waals surface area contributed by atoms with Gasteiger partial charge < -0.3 is 9.52 Å². The number of fused-ring (bicyclic) bond motifs is 6. The minimum absolute atomic E-state index is 0.0591. The molecule has 0 radical (unpaired) electrons. The van der Waals surface area contributed by atoms with E-state index in [1.54, 1.807) is 6.07 Å². The van der Waals surface area contributed by atoms with E-state index in [0.717, 1.165) is 88.5 Å². The monoisotopic (exact) mass is 868 g/mol. The molecule has 3 heterocycles. The van der Waals surface area contributed by atoms with E-state index in [2.05, 4.69) is 166 Å². The number of aromatic hydroxyl groups is 1. The number of aromatic nitrogens is 3. The maximum absolute atomic E-state index is 12.2. The third-order valence-corrected chi connectivity index (χ3v) is 13.0. The van der Waals surface area contributed by atoms with Crippen molar-refractivity contribution in [1.29, 1.82) is 0 Å². The summed E-state index contributed by atoms with van der Waals surface area (Å²) in [5.74, 6) is 0.621. The van der Waals surface area contributed by atoms with Gasteiger partial charge in [0, 0.05) is 33.5 Å². The standard InChI is InChI=1S/C61H48N4O2/c1-60(2,3)44-32-42(31-43(33-44)51-36-40(29-30-63-51)38-17-12-9-13-18-38)46-19-14-20-53-56(46)64-59(65(53)52-27-22-39(35-50(52)61(4,5)6)37-15-10-8-11-16-37)55-54(66)28-26-49-48-24-21-41-34-45(62-7)23-25-47(41)57(48)67-58(49)55/h8-36,66H,1-6H3. The number of phenolic OH excluding ortho intramolecular Hbond substituents is 1. The van der Waals surface area contributed by atoms with E-state index in [4.69, 9.17) is 21.0 Å². The highest BCUT2D eigenvalue weighted by Gasteiger charge is 2.29. The average Bonchev–Trinajstić information content (AvgIpc) is 3.92. The van der Waals surface area contributed by atoms with Crippen molar-refractivity contribution in [3.8, 4) is 67.5 Å². The molecule has 8 aromatic carbocycles. The van der Waals surface area contributed by atoms with Crippen molar-refractivity contribution in [2.75, 3.05) is 0 Å². The number of hydrogen-bond acceptors (Lipinski definition) is 4. The van der Waals surface area contributed by atoms with E-state index in [1.807, 2.05) is 54.7 Å². The molecule has 1 N–H and O–H groups in total. The lowest BCUT2D eigenvalue weighted by molar-refractivity contribution is 0.476. The molecule has 0 saturated carbocycles. The predicted molar refractivity (Wildman–Crippen MR) is 276 cm³/mol. The molecule has 6 nitrogen and oxygen atoms in total. The van der Waals surface area contributed by atoms with Crippen LogP contribution in [0, 0.1) is 6.57 Å². The van der Waals surface area contributed by atoms with Crippen molar-refractivity contribution < 1.29 is 9.52 Å². The van der Waals surface area contributed by atoms with Crippen LogP contribution in [0.1, 0.15) is 52.7 Å².